The highest BCUT2D eigenvalue weighted by molar-refractivity contribution is 7.21. The SMILES string of the molecule is CN1CCN(Cc2ccc(-c3cc4c(Nc5ccc6[nH]ccc6c5)ccnc4s3)cc2)CC1. The van der Waals surface area contributed by atoms with E-state index < -0.39 is 0 Å². The van der Waals surface area contributed by atoms with Gasteiger partial charge in [0.1, 0.15) is 4.83 Å². The number of aromatic nitrogens is 2. The first-order valence-corrected chi connectivity index (χ1v) is 12.3. The number of nitrogens with zero attached hydrogens (tertiary/aromatic N) is 3. The molecule has 0 aliphatic carbocycles. The maximum absolute atomic E-state index is 4.64. The van der Waals surface area contributed by atoms with E-state index in [1.807, 2.05) is 12.4 Å². The van der Waals surface area contributed by atoms with E-state index >= 15 is 0 Å². The zero-order valence-electron chi connectivity index (χ0n) is 18.7. The number of aromatic amines is 1. The second-order valence-electron chi connectivity index (χ2n) is 8.87. The van der Waals surface area contributed by atoms with Gasteiger partial charge in [0, 0.05) is 72.0 Å². The Morgan fingerprint density at radius 2 is 1.82 bits per heavy atom. The number of hydrogen-bond donors (Lipinski definition) is 2. The number of thiophene rings is 1. The lowest BCUT2D eigenvalue weighted by atomic mass is 10.1. The van der Waals surface area contributed by atoms with E-state index in [-0.39, 0.29) is 0 Å². The van der Waals surface area contributed by atoms with Crippen LogP contribution in [0.1, 0.15) is 5.56 Å². The van der Waals surface area contributed by atoms with Gasteiger partial charge < -0.3 is 15.2 Å². The van der Waals surface area contributed by atoms with Crippen LogP contribution in [0.2, 0.25) is 0 Å². The number of nitrogens with one attached hydrogen (secondary N) is 2. The number of anilines is 2. The topological polar surface area (TPSA) is 47.2 Å². The van der Waals surface area contributed by atoms with E-state index in [1.54, 1.807) is 11.3 Å². The van der Waals surface area contributed by atoms with E-state index in [9.17, 15) is 0 Å². The number of piperazine rings is 1. The Bertz CT molecular complexity index is 1390. The number of rotatable bonds is 5. The normalized spacial score (nSPS) is 15.4. The van der Waals surface area contributed by atoms with E-state index in [2.05, 4.69) is 92.8 Å². The molecule has 33 heavy (non-hydrogen) atoms. The molecule has 5 nitrogen and oxygen atoms in total. The van der Waals surface area contributed by atoms with Gasteiger partial charge in [-0.1, -0.05) is 24.3 Å². The maximum atomic E-state index is 4.64. The third-order valence-electron chi connectivity index (χ3n) is 6.51. The Morgan fingerprint density at radius 1 is 0.970 bits per heavy atom. The number of fused-ring (bicyclic) bond motifs is 2. The Hall–Kier alpha value is -3.19. The van der Waals surface area contributed by atoms with Crippen LogP contribution in [0.25, 0.3) is 31.6 Å². The molecule has 0 unspecified atom stereocenters. The number of pyridine rings is 1. The second-order valence-corrected chi connectivity index (χ2v) is 9.90. The average Bonchev–Trinajstić information content (AvgIpc) is 3.48. The molecule has 1 fully saturated rings. The number of likely N-dealkylation sites (N-methyl/N-ethyl adjacent to an activating group) is 1. The zero-order valence-corrected chi connectivity index (χ0v) is 19.5. The first kappa shape index (κ1) is 20.4. The van der Waals surface area contributed by atoms with Crippen molar-refractivity contribution < 1.29 is 0 Å². The lowest BCUT2D eigenvalue weighted by molar-refractivity contribution is 0.148. The molecule has 5 aromatic rings. The summed E-state index contributed by atoms with van der Waals surface area (Å²) in [6, 6.07) is 21.9. The first-order valence-electron chi connectivity index (χ1n) is 11.4. The van der Waals surface area contributed by atoms with Crippen LogP contribution in [-0.4, -0.2) is 53.0 Å². The molecule has 0 saturated carbocycles. The molecule has 1 aliphatic heterocycles. The largest absolute Gasteiger partial charge is 0.361 e. The molecule has 3 aromatic heterocycles. The summed E-state index contributed by atoms with van der Waals surface area (Å²) in [5.41, 5.74) is 5.94. The fraction of sp³-hybridized carbons (Fsp3) is 0.222. The molecule has 0 radical (unpaired) electrons. The molecule has 1 aliphatic rings. The molecule has 0 amide bonds. The Labute approximate surface area is 197 Å². The predicted octanol–water partition coefficient (Wildman–Crippen LogP) is 5.94. The van der Waals surface area contributed by atoms with Crippen molar-refractivity contribution in [3.63, 3.8) is 0 Å². The molecular formula is C27H27N5S. The van der Waals surface area contributed by atoms with Crippen molar-refractivity contribution >= 4 is 43.8 Å². The fourth-order valence-corrected chi connectivity index (χ4v) is 5.55. The number of benzene rings is 2. The van der Waals surface area contributed by atoms with Crippen molar-refractivity contribution in [1.29, 1.82) is 0 Å². The van der Waals surface area contributed by atoms with Crippen molar-refractivity contribution in [1.82, 2.24) is 19.8 Å². The van der Waals surface area contributed by atoms with Gasteiger partial charge in [-0.25, -0.2) is 4.98 Å². The number of H-pyrrole nitrogens is 1. The standard InChI is InChI=1S/C27H27N5S/c1-31-12-14-32(15-13-31)18-19-2-4-20(5-3-19)26-17-23-25(9-11-29-27(23)33-26)30-22-6-7-24-21(16-22)8-10-28-24/h2-11,16-17,28H,12-15,18H2,1H3,(H,29,30). The highest BCUT2D eigenvalue weighted by Crippen LogP contribution is 2.37. The van der Waals surface area contributed by atoms with Gasteiger partial charge in [0.2, 0.25) is 0 Å². The van der Waals surface area contributed by atoms with E-state index in [4.69, 9.17) is 0 Å². The van der Waals surface area contributed by atoms with E-state index in [1.165, 1.54) is 21.4 Å². The molecule has 0 bridgehead atoms. The van der Waals surface area contributed by atoms with Gasteiger partial charge in [0.15, 0.2) is 0 Å². The minimum atomic E-state index is 1.03. The van der Waals surface area contributed by atoms with Gasteiger partial charge in [0.25, 0.3) is 0 Å². The summed E-state index contributed by atoms with van der Waals surface area (Å²) < 4.78 is 0. The van der Waals surface area contributed by atoms with Crippen LogP contribution >= 0.6 is 11.3 Å². The Kier molecular flexibility index (Phi) is 5.34. The summed E-state index contributed by atoms with van der Waals surface area (Å²) in [6.45, 7) is 5.63. The van der Waals surface area contributed by atoms with E-state index in [0.717, 1.165) is 59.8 Å². The van der Waals surface area contributed by atoms with Crippen molar-refractivity contribution in [2.45, 2.75) is 6.54 Å². The van der Waals surface area contributed by atoms with E-state index in [0.29, 0.717) is 0 Å². The van der Waals surface area contributed by atoms with Crippen LogP contribution in [0.4, 0.5) is 11.4 Å². The monoisotopic (exact) mass is 453 g/mol. The van der Waals surface area contributed by atoms with Gasteiger partial charge in [-0.05, 0) is 54.6 Å². The Morgan fingerprint density at radius 3 is 2.67 bits per heavy atom. The maximum Gasteiger partial charge on any atom is 0.125 e. The number of hydrogen-bond acceptors (Lipinski definition) is 5. The highest BCUT2D eigenvalue weighted by Gasteiger charge is 2.14. The molecule has 2 aromatic carbocycles. The zero-order chi connectivity index (χ0) is 22.2. The van der Waals surface area contributed by atoms with Gasteiger partial charge in [0.05, 0.1) is 5.69 Å². The van der Waals surface area contributed by atoms with Gasteiger partial charge in [-0.15, -0.1) is 11.3 Å². The summed E-state index contributed by atoms with van der Waals surface area (Å²) in [6.07, 6.45) is 3.86. The Balaban J connectivity index is 1.23. The minimum absolute atomic E-state index is 1.03. The quantitative estimate of drug-likeness (QED) is 0.346. The second kappa shape index (κ2) is 8.63. The minimum Gasteiger partial charge on any atom is -0.361 e. The molecule has 0 spiro atoms. The molecule has 0 atom stereocenters. The summed E-state index contributed by atoms with van der Waals surface area (Å²) in [5.74, 6) is 0. The summed E-state index contributed by atoms with van der Waals surface area (Å²) in [5, 5.41) is 5.96. The molecule has 2 N–H and O–H groups in total. The van der Waals surface area contributed by atoms with Crippen molar-refractivity contribution in [2.24, 2.45) is 0 Å². The lowest BCUT2D eigenvalue weighted by Gasteiger charge is -2.32. The third kappa shape index (κ3) is 4.25. The van der Waals surface area contributed by atoms with Crippen LogP contribution < -0.4 is 5.32 Å². The molecule has 1 saturated heterocycles. The molecule has 166 valence electrons. The van der Waals surface area contributed by atoms with Crippen molar-refractivity contribution in [3.05, 3.63) is 78.6 Å². The summed E-state index contributed by atoms with van der Waals surface area (Å²) in [7, 11) is 2.20. The molecule has 6 heteroatoms. The lowest BCUT2D eigenvalue weighted by Crippen LogP contribution is -2.43. The predicted molar refractivity (Wildman–Crippen MR) is 139 cm³/mol. The molecule has 4 heterocycles. The van der Waals surface area contributed by atoms with Crippen LogP contribution in [0.3, 0.4) is 0 Å². The average molecular weight is 454 g/mol. The van der Waals surface area contributed by atoms with Crippen LogP contribution in [0.5, 0.6) is 0 Å². The third-order valence-corrected chi connectivity index (χ3v) is 7.60. The van der Waals surface area contributed by atoms with Gasteiger partial charge in [-0.2, -0.15) is 0 Å². The smallest absolute Gasteiger partial charge is 0.125 e. The highest BCUT2D eigenvalue weighted by atomic mass is 32.1. The van der Waals surface area contributed by atoms with Gasteiger partial charge >= 0.3 is 0 Å². The summed E-state index contributed by atoms with van der Waals surface area (Å²) in [4.78, 5) is 15.1. The van der Waals surface area contributed by atoms with Crippen molar-refractivity contribution in [2.75, 3.05) is 38.5 Å². The van der Waals surface area contributed by atoms with Crippen LogP contribution in [0.15, 0.2) is 73.1 Å². The fourth-order valence-electron chi connectivity index (χ4n) is 4.52. The van der Waals surface area contributed by atoms with Gasteiger partial charge in [-0.3, -0.25) is 4.90 Å². The molecular weight excluding hydrogens is 426 g/mol. The van der Waals surface area contributed by atoms with Crippen molar-refractivity contribution in [3.8, 4) is 10.4 Å². The van der Waals surface area contributed by atoms with Crippen LogP contribution in [-0.2, 0) is 6.54 Å². The summed E-state index contributed by atoms with van der Waals surface area (Å²) >= 11 is 1.75. The first-order chi connectivity index (χ1) is 16.2. The van der Waals surface area contributed by atoms with Crippen LogP contribution in [0, 0.1) is 0 Å². The molecule has 6 rings (SSSR count).